The average Bonchev–Trinajstić information content (AvgIpc) is 2.90. The highest BCUT2D eigenvalue weighted by Crippen LogP contribution is 2.27. The van der Waals surface area contributed by atoms with Gasteiger partial charge in [-0.3, -0.25) is 9.48 Å². The molecule has 0 aromatic carbocycles. The number of rotatable bonds is 1. The molecule has 0 spiro atoms. The average molecular weight is 234 g/mol. The summed E-state index contributed by atoms with van der Waals surface area (Å²) in [5, 5.41) is 7.62. The van der Waals surface area contributed by atoms with Gasteiger partial charge in [0, 0.05) is 39.4 Å². The maximum Gasteiger partial charge on any atom is 0.257 e. The summed E-state index contributed by atoms with van der Waals surface area (Å²) in [6, 6.07) is 0. The minimum Gasteiger partial charge on any atom is -0.338 e. The number of fused-ring (bicyclic) bond motifs is 1. The Hall–Kier alpha value is -1.36. The summed E-state index contributed by atoms with van der Waals surface area (Å²) in [7, 11) is 1.85. The molecule has 2 aliphatic heterocycles. The summed E-state index contributed by atoms with van der Waals surface area (Å²) in [5.41, 5.74) is 1.58. The lowest BCUT2D eigenvalue weighted by Crippen LogP contribution is -2.32. The van der Waals surface area contributed by atoms with Crippen LogP contribution in [0.4, 0.5) is 0 Å². The molecule has 1 N–H and O–H groups in total. The van der Waals surface area contributed by atoms with Crippen molar-refractivity contribution in [2.45, 2.75) is 6.92 Å². The van der Waals surface area contributed by atoms with Crippen LogP contribution in [0.5, 0.6) is 0 Å². The van der Waals surface area contributed by atoms with Crippen LogP contribution in [0.15, 0.2) is 6.20 Å². The molecular formula is C12H18N4O. The van der Waals surface area contributed by atoms with Crippen molar-refractivity contribution in [3.05, 3.63) is 17.5 Å². The maximum absolute atomic E-state index is 12.4. The monoisotopic (exact) mass is 234 g/mol. The molecule has 0 bridgehead atoms. The lowest BCUT2D eigenvalue weighted by atomic mass is 10.0. The standard InChI is InChI=1S/C12H18N4O/c1-8-11(7-15(2)14-8)12(17)16-5-9-3-13-4-10(9)6-16/h7,9-10,13H,3-6H2,1-2H3. The topological polar surface area (TPSA) is 50.2 Å². The van der Waals surface area contributed by atoms with E-state index in [4.69, 9.17) is 0 Å². The van der Waals surface area contributed by atoms with E-state index in [9.17, 15) is 4.79 Å². The fraction of sp³-hybridized carbons (Fsp3) is 0.667. The van der Waals surface area contributed by atoms with Crippen molar-refractivity contribution in [2.75, 3.05) is 26.2 Å². The van der Waals surface area contributed by atoms with Gasteiger partial charge in [-0.2, -0.15) is 5.10 Å². The molecule has 2 unspecified atom stereocenters. The smallest absolute Gasteiger partial charge is 0.257 e. The summed E-state index contributed by atoms with van der Waals surface area (Å²) in [6.07, 6.45) is 1.82. The summed E-state index contributed by atoms with van der Waals surface area (Å²) < 4.78 is 1.71. The van der Waals surface area contributed by atoms with E-state index >= 15 is 0 Å². The first kappa shape index (κ1) is 10.8. The van der Waals surface area contributed by atoms with Gasteiger partial charge in [0.05, 0.1) is 11.3 Å². The number of carbonyl (C=O) groups excluding carboxylic acids is 1. The molecule has 2 aliphatic rings. The molecule has 0 radical (unpaired) electrons. The highest BCUT2D eigenvalue weighted by molar-refractivity contribution is 5.95. The van der Waals surface area contributed by atoms with Crippen LogP contribution in [0, 0.1) is 18.8 Å². The molecule has 3 heterocycles. The third-order valence-corrected chi connectivity index (χ3v) is 3.92. The van der Waals surface area contributed by atoms with Gasteiger partial charge < -0.3 is 10.2 Å². The zero-order chi connectivity index (χ0) is 12.0. The molecule has 17 heavy (non-hydrogen) atoms. The molecule has 1 amide bonds. The molecule has 2 saturated heterocycles. The molecule has 0 aliphatic carbocycles. The summed E-state index contributed by atoms with van der Waals surface area (Å²) in [4.78, 5) is 14.4. The molecule has 1 aromatic heterocycles. The van der Waals surface area contributed by atoms with Gasteiger partial charge in [-0.25, -0.2) is 0 Å². The Balaban J connectivity index is 1.77. The van der Waals surface area contributed by atoms with Crippen LogP contribution in [0.2, 0.25) is 0 Å². The van der Waals surface area contributed by atoms with Gasteiger partial charge in [0.15, 0.2) is 0 Å². The maximum atomic E-state index is 12.4. The van der Waals surface area contributed by atoms with Gasteiger partial charge in [-0.15, -0.1) is 0 Å². The minimum atomic E-state index is 0.144. The van der Waals surface area contributed by atoms with Crippen molar-refractivity contribution in [1.29, 1.82) is 0 Å². The summed E-state index contributed by atoms with van der Waals surface area (Å²) in [6.45, 7) is 5.79. The van der Waals surface area contributed by atoms with E-state index in [0.717, 1.165) is 37.4 Å². The van der Waals surface area contributed by atoms with Gasteiger partial charge in [-0.05, 0) is 18.8 Å². The van der Waals surface area contributed by atoms with Crippen molar-refractivity contribution in [2.24, 2.45) is 18.9 Å². The molecule has 5 nitrogen and oxygen atoms in total. The van der Waals surface area contributed by atoms with E-state index in [2.05, 4.69) is 10.4 Å². The number of aromatic nitrogens is 2. The first-order valence-electron chi connectivity index (χ1n) is 6.15. The Morgan fingerprint density at radius 1 is 1.41 bits per heavy atom. The first-order valence-corrected chi connectivity index (χ1v) is 6.15. The second-order valence-electron chi connectivity index (χ2n) is 5.19. The van der Waals surface area contributed by atoms with E-state index < -0.39 is 0 Å². The molecule has 2 fully saturated rings. The Morgan fingerprint density at radius 2 is 2.06 bits per heavy atom. The number of nitrogens with one attached hydrogen (secondary N) is 1. The highest BCUT2D eigenvalue weighted by Gasteiger charge is 2.38. The van der Waals surface area contributed by atoms with Crippen LogP contribution in [-0.4, -0.2) is 46.8 Å². The molecule has 3 rings (SSSR count). The Labute approximate surface area is 101 Å². The van der Waals surface area contributed by atoms with Crippen molar-refractivity contribution in [3.63, 3.8) is 0 Å². The number of aryl methyl sites for hydroxylation is 2. The number of likely N-dealkylation sites (tertiary alicyclic amines) is 1. The van der Waals surface area contributed by atoms with Crippen molar-refractivity contribution in [1.82, 2.24) is 20.0 Å². The SMILES string of the molecule is Cc1nn(C)cc1C(=O)N1CC2CNCC2C1. The lowest BCUT2D eigenvalue weighted by molar-refractivity contribution is 0.0781. The zero-order valence-electron chi connectivity index (χ0n) is 10.3. The molecule has 0 saturated carbocycles. The number of carbonyl (C=O) groups is 1. The van der Waals surface area contributed by atoms with Gasteiger partial charge in [-0.1, -0.05) is 0 Å². The van der Waals surface area contributed by atoms with E-state index in [1.165, 1.54) is 0 Å². The third-order valence-electron chi connectivity index (χ3n) is 3.92. The summed E-state index contributed by atoms with van der Waals surface area (Å²) in [5.74, 6) is 1.44. The zero-order valence-corrected chi connectivity index (χ0v) is 10.3. The van der Waals surface area contributed by atoms with E-state index in [0.29, 0.717) is 11.8 Å². The van der Waals surface area contributed by atoms with Crippen molar-refractivity contribution < 1.29 is 4.79 Å². The molecule has 2 atom stereocenters. The predicted molar refractivity (Wildman–Crippen MR) is 63.7 cm³/mol. The summed E-state index contributed by atoms with van der Waals surface area (Å²) >= 11 is 0. The largest absolute Gasteiger partial charge is 0.338 e. The van der Waals surface area contributed by atoms with Gasteiger partial charge in [0.25, 0.3) is 5.91 Å². The Morgan fingerprint density at radius 3 is 2.59 bits per heavy atom. The normalized spacial score (nSPS) is 27.5. The quantitative estimate of drug-likeness (QED) is 0.745. The fourth-order valence-corrected chi connectivity index (χ4v) is 3.00. The van der Waals surface area contributed by atoms with Crippen LogP contribution in [0.1, 0.15) is 16.1 Å². The van der Waals surface area contributed by atoms with Crippen LogP contribution in [0.3, 0.4) is 0 Å². The Bertz CT molecular complexity index is 441. The number of nitrogens with zero attached hydrogens (tertiary/aromatic N) is 3. The Kier molecular flexibility index (Phi) is 2.43. The van der Waals surface area contributed by atoms with Crippen LogP contribution in [0.25, 0.3) is 0 Å². The number of hydrogen-bond acceptors (Lipinski definition) is 3. The molecule has 5 heteroatoms. The van der Waals surface area contributed by atoms with Gasteiger partial charge >= 0.3 is 0 Å². The molecular weight excluding hydrogens is 216 g/mol. The lowest BCUT2D eigenvalue weighted by Gasteiger charge is -2.16. The second-order valence-corrected chi connectivity index (χ2v) is 5.19. The van der Waals surface area contributed by atoms with Crippen LogP contribution >= 0.6 is 0 Å². The van der Waals surface area contributed by atoms with Gasteiger partial charge in [0.1, 0.15) is 0 Å². The van der Waals surface area contributed by atoms with E-state index in [1.807, 2.05) is 25.1 Å². The van der Waals surface area contributed by atoms with Crippen molar-refractivity contribution >= 4 is 5.91 Å². The van der Waals surface area contributed by atoms with Crippen molar-refractivity contribution in [3.8, 4) is 0 Å². The number of amides is 1. The first-order chi connectivity index (χ1) is 8.15. The molecule has 92 valence electrons. The van der Waals surface area contributed by atoms with Gasteiger partial charge in [0.2, 0.25) is 0 Å². The highest BCUT2D eigenvalue weighted by atomic mass is 16.2. The third kappa shape index (κ3) is 1.74. The second kappa shape index (κ2) is 3.84. The molecule has 1 aromatic rings. The van der Waals surface area contributed by atoms with E-state index in [-0.39, 0.29) is 5.91 Å². The van der Waals surface area contributed by atoms with E-state index in [1.54, 1.807) is 4.68 Å². The number of hydrogen-bond donors (Lipinski definition) is 1. The minimum absolute atomic E-state index is 0.144. The predicted octanol–water partition coefficient (Wildman–Crippen LogP) is 0.0199. The fourth-order valence-electron chi connectivity index (χ4n) is 3.00. The van der Waals surface area contributed by atoms with Crippen LogP contribution in [-0.2, 0) is 7.05 Å². The van der Waals surface area contributed by atoms with Crippen LogP contribution < -0.4 is 5.32 Å².